The fourth-order valence-electron chi connectivity index (χ4n) is 1.23. The SMILES string of the molecule is CCN=C(C)c1ccc(OC(F)(F)F)cc1. The Balaban J connectivity index is 2.79. The Morgan fingerprint density at radius 1 is 1.25 bits per heavy atom. The van der Waals surface area contributed by atoms with E-state index >= 15 is 0 Å². The number of halogens is 3. The summed E-state index contributed by atoms with van der Waals surface area (Å²) in [5, 5.41) is 0. The molecule has 0 aliphatic carbocycles. The highest BCUT2D eigenvalue weighted by Gasteiger charge is 2.30. The molecular weight excluding hydrogens is 219 g/mol. The molecule has 0 aromatic heterocycles. The summed E-state index contributed by atoms with van der Waals surface area (Å²) in [4.78, 5) is 4.15. The highest BCUT2D eigenvalue weighted by Crippen LogP contribution is 2.22. The van der Waals surface area contributed by atoms with Crippen LogP contribution in [-0.4, -0.2) is 18.6 Å². The second-order valence-electron chi connectivity index (χ2n) is 3.13. The van der Waals surface area contributed by atoms with Gasteiger partial charge < -0.3 is 4.74 Å². The van der Waals surface area contributed by atoms with Crippen molar-refractivity contribution in [3.63, 3.8) is 0 Å². The number of benzene rings is 1. The highest BCUT2D eigenvalue weighted by atomic mass is 19.4. The van der Waals surface area contributed by atoms with Crippen molar-refractivity contribution in [1.29, 1.82) is 0 Å². The van der Waals surface area contributed by atoms with Crippen LogP contribution in [0.15, 0.2) is 29.3 Å². The molecule has 0 heterocycles. The molecule has 0 aliphatic heterocycles. The van der Waals surface area contributed by atoms with E-state index in [0.29, 0.717) is 6.54 Å². The molecular formula is C11H12F3NO. The van der Waals surface area contributed by atoms with Gasteiger partial charge in [0, 0.05) is 12.3 Å². The predicted octanol–water partition coefficient (Wildman–Crippen LogP) is 3.41. The van der Waals surface area contributed by atoms with Crippen LogP contribution in [0.1, 0.15) is 19.4 Å². The van der Waals surface area contributed by atoms with Crippen LogP contribution in [0.25, 0.3) is 0 Å². The van der Waals surface area contributed by atoms with E-state index in [1.807, 2.05) is 13.8 Å². The van der Waals surface area contributed by atoms with E-state index < -0.39 is 6.36 Å². The number of hydrogen-bond acceptors (Lipinski definition) is 2. The zero-order valence-corrected chi connectivity index (χ0v) is 9.01. The van der Waals surface area contributed by atoms with Gasteiger partial charge in [0.25, 0.3) is 0 Å². The maximum atomic E-state index is 11.9. The molecule has 1 aromatic carbocycles. The molecule has 2 nitrogen and oxygen atoms in total. The van der Waals surface area contributed by atoms with E-state index in [1.54, 1.807) is 12.1 Å². The molecule has 0 saturated carbocycles. The monoisotopic (exact) mass is 231 g/mol. The lowest BCUT2D eigenvalue weighted by molar-refractivity contribution is -0.274. The summed E-state index contributed by atoms with van der Waals surface area (Å²) in [7, 11) is 0. The third-order valence-electron chi connectivity index (χ3n) is 1.90. The zero-order chi connectivity index (χ0) is 12.2. The third-order valence-corrected chi connectivity index (χ3v) is 1.90. The van der Waals surface area contributed by atoms with E-state index in [-0.39, 0.29) is 5.75 Å². The van der Waals surface area contributed by atoms with Crippen molar-refractivity contribution in [3.8, 4) is 5.75 Å². The minimum absolute atomic E-state index is 0.222. The summed E-state index contributed by atoms with van der Waals surface area (Å²) < 4.78 is 39.4. The Hall–Kier alpha value is -1.52. The van der Waals surface area contributed by atoms with Crippen LogP contribution in [0.3, 0.4) is 0 Å². The number of rotatable bonds is 3. The van der Waals surface area contributed by atoms with Crippen molar-refractivity contribution in [2.45, 2.75) is 20.2 Å². The van der Waals surface area contributed by atoms with Gasteiger partial charge in [0.2, 0.25) is 0 Å². The molecule has 0 N–H and O–H groups in total. The Bertz CT molecular complexity index is 368. The van der Waals surface area contributed by atoms with Gasteiger partial charge in [-0.2, -0.15) is 0 Å². The normalized spacial score (nSPS) is 12.7. The van der Waals surface area contributed by atoms with E-state index in [1.165, 1.54) is 12.1 Å². The lowest BCUT2D eigenvalue weighted by Gasteiger charge is -2.09. The smallest absolute Gasteiger partial charge is 0.406 e. The van der Waals surface area contributed by atoms with Crippen molar-refractivity contribution >= 4 is 5.71 Å². The van der Waals surface area contributed by atoms with E-state index in [0.717, 1.165) is 11.3 Å². The molecule has 0 fully saturated rings. The summed E-state index contributed by atoms with van der Waals surface area (Å²) in [6.45, 7) is 4.35. The second kappa shape index (κ2) is 5.01. The van der Waals surface area contributed by atoms with Gasteiger partial charge in [0.15, 0.2) is 0 Å². The summed E-state index contributed by atoms with van der Waals surface area (Å²) in [6.07, 6.45) is -4.64. The first kappa shape index (κ1) is 12.5. The van der Waals surface area contributed by atoms with Gasteiger partial charge in [-0.1, -0.05) is 0 Å². The van der Waals surface area contributed by atoms with Gasteiger partial charge in [-0.25, -0.2) is 0 Å². The van der Waals surface area contributed by atoms with Crippen LogP contribution in [0.2, 0.25) is 0 Å². The number of aliphatic imine (C=N–C) groups is 1. The molecule has 1 rings (SSSR count). The van der Waals surface area contributed by atoms with Crippen LogP contribution < -0.4 is 4.74 Å². The average molecular weight is 231 g/mol. The lowest BCUT2D eigenvalue weighted by atomic mass is 10.1. The van der Waals surface area contributed by atoms with E-state index in [2.05, 4.69) is 9.73 Å². The molecule has 0 spiro atoms. The molecule has 0 unspecified atom stereocenters. The van der Waals surface area contributed by atoms with Crippen molar-refractivity contribution in [2.24, 2.45) is 4.99 Å². The fraction of sp³-hybridized carbons (Fsp3) is 0.364. The Morgan fingerprint density at radius 3 is 2.25 bits per heavy atom. The molecule has 16 heavy (non-hydrogen) atoms. The summed E-state index contributed by atoms with van der Waals surface area (Å²) in [6, 6.07) is 5.65. The van der Waals surface area contributed by atoms with Gasteiger partial charge in [0.05, 0.1) is 0 Å². The zero-order valence-electron chi connectivity index (χ0n) is 9.01. The molecule has 0 bridgehead atoms. The molecule has 1 aromatic rings. The van der Waals surface area contributed by atoms with Crippen molar-refractivity contribution in [3.05, 3.63) is 29.8 Å². The maximum absolute atomic E-state index is 11.9. The third kappa shape index (κ3) is 3.92. The largest absolute Gasteiger partial charge is 0.573 e. The number of alkyl halides is 3. The van der Waals surface area contributed by atoms with E-state index in [9.17, 15) is 13.2 Å². The van der Waals surface area contributed by atoms with Crippen LogP contribution in [0.5, 0.6) is 5.75 Å². The van der Waals surface area contributed by atoms with Gasteiger partial charge in [0.1, 0.15) is 5.75 Å². The lowest BCUT2D eigenvalue weighted by Crippen LogP contribution is -2.17. The molecule has 5 heteroatoms. The minimum atomic E-state index is -4.64. The number of ether oxygens (including phenoxy) is 1. The molecule has 88 valence electrons. The van der Waals surface area contributed by atoms with Gasteiger partial charge in [-0.05, 0) is 43.7 Å². The Labute approximate surface area is 91.8 Å². The van der Waals surface area contributed by atoms with E-state index in [4.69, 9.17) is 0 Å². The highest BCUT2D eigenvalue weighted by molar-refractivity contribution is 5.98. The first-order valence-electron chi connectivity index (χ1n) is 4.79. The van der Waals surface area contributed by atoms with Crippen LogP contribution >= 0.6 is 0 Å². The van der Waals surface area contributed by atoms with Crippen molar-refractivity contribution in [2.75, 3.05) is 6.54 Å². The number of nitrogens with zero attached hydrogens (tertiary/aromatic N) is 1. The van der Waals surface area contributed by atoms with Crippen molar-refractivity contribution in [1.82, 2.24) is 0 Å². The predicted molar refractivity (Wildman–Crippen MR) is 55.9 cm³/mol. The number of hydrogen-bond donors (Lipinski definition) is 0. The quantitative estimate of drug-likeness (QED) is 0.730. The Morgan fingerprint density at radius 2 is 1.81 bits per heavy atom. The molecule has 0 radical (unpaired) electrons. The summed E-state index contributed by atoms with van der Waals surface area (Å²) >= 11 is 0. The topological polar surface area (TPSA) is 21.6 Å². The second-order valence-corrected chi connectivity index (χ2v) is 3.13. The molecule has 0 atom stereocenters. The molecule has 0 aliphatic rings. The first-order chi connectivity index (χ1) is 7.42. The van der Waals surface area contributed by atoms with Crippen LogP contribution in [0, 0.1) is 0 Å². The van der Waals surface area contributed by atoms with Gasteiger partial charge in [-0.3, -0.25) is 4.99 Å². The maximum Gasteiger partial charge on any atom is 0.573 e. The molecule has 0 amide bonds. The standard InChI is InChI=1S/C11H12F3NO/c1-3-15-8(2)9-4-6-10(7-5-9)16-11(12,13)14/h4-7H,3H2,1-2H3. The Kier molecular flexibility index (Phi) is 3.93. The summed E-state index contributed by atoms with van der Waals surface area (Å²) in [5.41, 5.74) is 1.58. The fourth-order valence-corrected chi connectivity index (χ4v) is 1.23. The van der Waals surface area contributed by atoms with Crippen molar-refractivity contribution < 1.29 is 17.9 Å². The average Bonchev–Trinajstić information content (AvgIpc) is 2.16. The van der Waals surface area contributed by atoms with Gasteiger partial charge in [-0.15, -0.1) is 13.2 Å². The first-order valence-corrected chi connectivity index (χ1v) is 4.79. The van der Waals surface area contributed by atoms with Gasteiger partial charge >= 0.3 is 6.36 Å². The molecule has 0 saturated heterocycles. The minimum Gasteiger partial charge on any atom is -0.406 e. The summed E-state index contributed by atoms with van der Waals surface area (Å²) in [5.74, 6) is -0.222. The van der Waals surface area contributed by atoms with Crippen LogP contribution in [-0.2, 0) is 0 Å². The van der Waals surface area contributed by atoms with Crippen LogP contribution in [0.4, 0.5) is 13.2 Å².